The maximum atomic E-state index is 12.6. The molecule has 0 aliphatic carbocycles. The van der Waals surface area contributed by atoms with Gasteiger partial charge in [0.05, 0.1) is 15.5 Å². The predicted molar refractivity (Wildman–Crippen MR) is 103 cm³/mol. The minimum atomic E-state index is -3.64. The van der Waals surface area contributed by atoms with Crippen LogP contribution >= 0.6 is 0 Å². The van der Waals surface area contributed by atoms with E-state index in [2.05, 4.69) is 4.72 Å². The number of nitrogens with one attached hydrogen (secondary N) is 1. The summed E-state index contributed by atoms with van der Waals surface area (Å²) < 4.78 is 52.2. The fraction of sp³-hybridized carbons (Fsp3) is 0.611. The standard InChI is InChI=1S/C18H28N2O5S2/c1-14(2)12-19-27(24,25)18-6-4-17(5-7-18)26(22,23)13-16-8-10-20(11-9-16)15(3)21/h4-7,14,16,19H,8-13H2,1-3H3. The summed E-state index contributed by atoms with van der Waals surface area (Å²) in [6.45, 7) is 6.80. The van der Waals surface area contributed by atoms with Crippen molar-refractivity contribution in [3.05, 3.63) is 24.3 Å². The second kappa shape index (κ2) is 8.70. The quantitative estimate of drug-likeness (QED) is 0.728. The third-order valence-electron chi connectivity index (χ3n) is 4.69. The number of amides is 1. The second-order valence-corrected chi connectivity index (χ2v) is 11.2. The molecule has 1 aromatic carbocycles. The Bertz CT molecular complexity index is 854. The number of carbonyl (C=O) groups excluding carboxylic acids is 1. The van der Waals surface area contributed by atoms with Crippen LogP contribution in [-0.2, 0) is 24.7 Å². The van der Waals surface area contributed by atoms with Crippen LogP contribution in [0.4, 0.5) is 0 Å². The van der Waals surface area contributed by atoms with Gasteiger partial charge in [0.25, 0.3) is 0 Å². The van der Waals surface area contributed by atoms with Crippen molar-refractivity contribution in [1.29, 1.82) is 0 Å². The van der Waals surface area contributed by atoms with Gasteiger partial charge in [-0.15, -0.1) is 0 Å². The summed E-state index contributed by atoms with van der Waals surface area (Å²) in [5.41, 5.74) is 0. The number of hydrogen-bond acceptors (Lipinski definition) is 5. The largest absolute Gasteiger partial charge is 0.343 e. The molecule has 1 saturated heterocycles. The van der Waals surface area contributed by atoms with Gasteiger partial charge in [-0.05, 0) is 48.9 Å². The molecule has 0 radical (unpaired) electrons. The minimum Gasteiger partial charge on any atom is -0.343 e. The fourth-order valence-corrected chi connectivity index (χ4v) is 5.92. The Balaban J connectivity index is 2.04. The SMILES string of the molecule is CC(=O)N1CCC(CS(=O)(=O)c2ccc(S(=O)(=O)NCC(C)C)cc2)CC1. The van der Waals surface area contributed by atoms with Gasteiger partial charge in [0, 0.05) is 26.6 Å². The first-order chi connectivity index (χ1) is 12.5. The van der Waals surface area contributed by atoms with Crippen molar-refractivity contribution < 1.29 is 21.6 Å². The summed E-state index contributed by atoms with van der Waals surface area (Å²) >= 11 is 0. The van der Waals surface area contributed by atoms with Crippen LogP contribution < -0.4 is 4.72 Å². The predicted octanol–water partition coefficient (Wildman–Crippen LogP) is 1.65. The van der Waals surface area contributed by atoms with E-state index < -0.39 is 19.9 Å². The zero-order chi connectivity index (χ0) is 20.2. The highest BCUT2D eigenvalue weighted by Crippen LogP contribution is 2.23. The molecular formula is C18H28N2O5S2. The first-order valence-electron chi connectivity index (χ1n) is 9.09. The van der Waals surface area contributed by atoms with Gasteiger partial charge in [-0.25, -0.2) is 21.6 Å². The third kappa shape index (κ3) is 6.02. The molecule has 1 heterocycles. The zero-order valence-electron chi connectivity index (χ0n) is 16.0. The molecule has 0 atom stereocenters. The Hall–Kier alpha value is -1.45. The van der Waals surface area contributed by atoms with Gasteiger partial charge >= 0.3 is 0 Å². The number of nitrogens with zero attached hydrogens (tertiary/aromatic N) is 1. The summed E-state index contributed by atoms with van der Waals surface area (Å²) in [7, 11) is -7.15. The first-order valence-corrected chi connectivity index (χ1v) is 12.2. The average molecular weight is 417 g/mol. The van der Waals surface area contributed by atoms with E-state index in [0.29, 0.717) is 32.5 Å². The van der Waals surface area contributed by atoms with Crippen LogP contribution in [0.15, 0.2) is 34.1 Å². The molecule has 1 aliphatic rings. The van der Waals surface area contributed by atoms with E-state index in [1.807, 2.05) is 13.8 Å². The molecule has 152 valence electrons. The summed E-state index contributed by atoms with van der Waals surface area (Å²) in [6.07, 6.45) is 1.31. The monoisotopic (exact) mass is 416 g/mol. The molecule has 1 aromatic rings. The second-order valence-electron chi connectivity index (χ2n) is 7.45. The molecule has 27 heavy (non-hydrogen) atoms. The molecular weight excluding hydrogens is 388 g/mol. The Morgan fingerprint density at radius 2 is 1.59 bits per heavy atom. The molecule has 2 rings (SSSR count). The van der Waals surface area contributed by atoms with Crippen molar-refractivity contribution >= 4 is 25.8 Å². The van der Waals surface area contributed by atoms with E-state index in [9.17, 15) is 21.6 Å². The van der Waals surface area contributed by atoms with Gasteiger partial charge in [-0.1, -0.05) is 13.8 Å². The normalized spacial score (nSPS) is 16.7. The Labute approximate surface area is 162 Å². The highest BCUT2D eigenvalue weighted by molar-refractivity contribution is 7.91. The fourth-order valence-electron chi connectivity index (χ4n) is 3.01. The lowest BCUT2D eigenvalue weighted by atomic mass is 9.99. The summed E-state index contributed by atoms with van der Waals surface area (Å²) in [5, 5.41) is 0. The number of rotatable bonds is 7. The lowest BCUT2D eigenvalue weighted by molar-refractivity contribution is -0.130. The van der Waals surface area contributed by atoms with Crippen molar-refractivity contribution in [2.24, 2.45) is 11.8 Å². The van der Waals surface area contributed by atoms with Gasteiger partial charge in [0.1, 0.15) is 0 Å². The van der Waals surface area contributed by atoms with Gasteiger partial charge in [-0.3, -0.25) is 4.79 Å². The smallest absolute Gasteiger partial charge is 0.240 e. The molecule has 7 nitrogen and oxygen atoms in total. The maximum Gasteiger partial charge on any atom is 0.240 e. The minimum absolute atomic E-state index is 0.00159. The maximum absolute atomic E-state index is 12.6. The van der Waals surface area contributed by atoms with E-state index in [1.165, 1.54) is 31.2 Å². The summed E-state index contributed by atoms with van der Waals surface area (Å²) in [6, 6.07) is 5.36. The molecule has 1 aliphatic heterocycles. The van der Waals surface area contributed by atoms with Crippen LogP contribution in [0, 0.1) is 11.8 Å². The number of sulfonamides is 1. The lowest BCUT2D eigenvalue weighted by Crippen LogP contribution is -2.38. The van der Waals surface area contributed by atoms with Crippen LogP contribution in [0.25, 0.3) is 0 Å². The van der Waals surface area contributed by atoms with Crippen LogP contribution in [0.1, 0.15) is 33.6 Å². The topological polar surface area (TPSA) is 101 Å². The molecule has 0 bridgehead atoms. The van der Waals surface area contributed by atoms with Crippen molar-refractivity contribution in [2.45, 2.75) is 43.4 Å². The van der Waals surface area contributed by atoms with Crippen molar-refractivity contribution in [2.75, 3.05) is 25.4 Å². The van der Waals surface area contributed by atoms with Crippen LogP contribution in [0.5, 0.6) is 0 Å². The van der Waals surface area contributed by atoms with E-state index >= 15 is 0 Å². The van der Waals surface area contributed by atoms with E-state index in [4.69, 9.17) is 0 Å². The van der Waals surface area contributed by atoms with E-state index in [-0.39, 0.29) is 33.3 Å². The molecule has 0 saturated carbocycles. The number of sulfone groups is 1. The number of carbonyl (C=O) groups is 1. The highest BCUT2D eigenvalue weighted by Gasteiger charge is 2.26. The molecule has 9 heteroatoms. The Kier molecular flexibility index (Phi) is 7.04. The number of piperidine rings is 1. The molecule has 0 spiro atoms. The Morgan fingerprint density at radius 3 is 2.07 bits per heavy atom. The Morgan fingerprint density at radius 1 is 1.07 bits per heavy atom. The third-order valence-corrected chi connectivity index (χ3v) is 8.03. The van der Waals surface area contributed by atoms with Crippen LogP contribution in [0.2, 0.25) is 0 Å². The number of hydrogen-bond donors (Lipinski definition) is 1. The molecule has 0 aromatic heterocycles. The molecule has 1 fully saturated rings. The number of benzene rings is 1. The van der Waals surface area contributed by atoms with Crippen molar-refractivity contribution in [3.8, 4) is 0 Å². The average Bonchev–Trinajstić information content (AvgIpc) is 2.60. The molecule has 1 amide bonds. The van der Waals surface area contributed by atoms with Crippen LogP contribution in [0.3, 0.4) is 0 Å². The summed E-state index contributed by atoms with van der Waals surface area (Å²) in [5.74, 6) is 0.200. The van der Waals surface area contributed by atoms with E-state index in [1.54, 1.807) is 4.90 Å². The van der Waals surface area contributed by atoms with Gasteiger partial charge < -0.3 is 4.90 Å². The lowest BCUT2D eigenvalue weighted by Gasteiger charge is -2.31. The molecule has 0 unspecified atom stereocenters. The van der Waals surface area contributed by atoms with Gasteiger partial charge in [0.2, 0.25) is 15.9 Å². The van der Waals surface area contributed by atoms with Crippen LogP contribution in [-0.4, -0.2) is 53.0 Å². The zero-order valence-corrected chi connectivity index (χ0v) is 17.6. The van der Waals surface area contributed by atoms with Gasteiger partial charge in [-0.2, -0.15) is 0 Å². The van der Waals surface area contributed by atoms with Crippen molar-refractivity contribution in [3.63, 3.8) is 0 Å². The number of likely N-dealkylation sites (tertiary alicyclic amines) is 1. The molecule has 1 N–H and O–H groups in total. The first kappa shape index (κ1) is 21.8. The van der Waals surface area contributed by atoms with Gasteiger partial charge in [0.15, 0.2) is 9.84 Å². The highest BCUT2D eigenvalue weighted by atomic mass is 32.2. The van der Waals surface area contributed by atoms with E-state index in [0.717, 1.165) is 0 Å². The van der Waals surface area contributed by atoms with Crippen molar-refractivity contribution in [1.82, 2.24) is 9.62 Å². The summed E-state index contributed by atoms with van der Waals surface area (Å²) in [4.78, 5) is 13.3.